The van der Waals surface area contributed by atoms with Crippen molar-refractivity contribution in [1.29, 1.82) is 0 Å². The quantitative estimate of drug-likeness (QED) is 0.267. The Morgan fingerprint density at radius 1 is 0.520 bits per heavy atom. The van der Waals surface area contributed by atoms with E-state index < -0.39 is 0 Å². The lowest BCUT2D eigenvalue weighted by Gasteiger charge is -2.09. The summed E-state index contributed by atoms with van der Waals surface area (Å²) in [6, 6.07) is 0. The molecule has 0 aromatic rings. The van der Waals surface area contributed by atoms with Crippen molar-refractivity contribution in [1.82, 2.24) is 26.6 Å². The second-order valence-corrected chi connectivity index (χ2v) is 6.52. The van der Waals surface area contributed by atoms with Crippen LogP contribution in [0, 0.1) is 0 Å². The van der Waals surface area contributed by atoms with Gasteiger partial charge in [0.15, 0.2) is 0 Å². The third kappa shape index (κ3) is 10.4. The highest BCUT2D eigenvalue weighted by atomic mass is 15.0. The molecular formula is C20H35N5. The molecule has 140 valence electrons. The maximum Gasteiger partial charge on any atom is 0.0171 e. The molecule has 2 aliphatic carbocycles. The van der Waals surface area contributed by atoms with Crippen molar-refractivity contribution in [3.05, 3.63) is 47.6 Å². The van der Waals surface area contributed by atoms with Crippen LogP contribution in [0.2, 0.25) is 0 Å². The lowest BCUT2D eigenvalue weighted by Crippen LogP contribution is -2.36. The highest BCUT2D eigenvalue weighted by Gasteiger charge is 1.98. The molecule has 0 aromatic carbocycles. The van der Waals surface area contributed by atoms with E-state index in [4.69, 9.17) is 0 Å². The first-order valence-electron chi connectivity index (χ1n) is 9.68. The molecule has 0 atom stereocenters. The molecule has 0 saturated heterocycles. The van der Waals surface area contributed by atoms with E-state index in [2.05, 4.69) is 63.0 Å². The average Bonchev–Trinajstić information content (AvgIpc) is 3.32. The van der Waals surface area contributed by atoms with Gasteiger partial charge in [0.05, 0.1) is 0 Å². The van der Waals surface area contributed by atoms with Crippen LogP contribution in [-0.4, -0.2) is 65.4 Å². The zero-order chi connectivity index (χ0) is 17.4. The van der Waals surface area contributed by atoms with Gasteiger partial charge >= 0.3 is 0 Å². The zero-order valence-electron chi connectivity index (χ0n) is 15.4. The van der Waals surface area contributed by atoms with Gasteiger partial charge in [-0.05, 0) is 12.8 Å². The van der Waals surface area contributed by atoms with Crippen molar-refractivity contribution in [3.63, 3.8) is 0 Å². The smallest absolute Gasteiger partial charge is 0.0171 e. The Hall–Kier alpha value is -1.24. The summed E-state index contributed by atoms with van der Waals surface area (Å²) in [4.78, 5) is 0. The number of rotatable bonds is 16. The summed E-state index contributed by atoms with van der Waals surface area (Å²) in [5.74, 6) is 0. The van der Waals surface area contributed by atoms with Gasteiger partial charge in [-0.1, -0.05) is 47.6 Å². The van der Waals surface area contributed by atoms with Crippen molar-refractivity contribution < 1.29 is 0 Å². The maximum absolute atomic E-state index is 3.47. The molecule has 5 nitrogen and oxygen atoms in total. The number of nitrogens with one attached hydrogen (secondary N) is 5. The standard InChI is InChI=1S/C20H35N5/c1-2-6-19(5-1)17-24-15-13-22-11-9-21-10-12-23-14-16-25-18-20-7-3-4-8-20/h1-5,7,21-25H,6,8-18H2. The van der Waals surface area contributed by atoms with Gasteiger partial charge in [-0.3, -0.25) is 0 Å². The van der Waals surface area contributed by atoms with Gasteiger partial charge in [0.1, 0.15) is 0 Å². The Kier molecular flexibility index (Phi) is 11.2. The predicted octanol–water partition coefficient (Wildman–Crippen LogP) is 0.707. The fourth-order valence-electron chi connectivity index (χ4n) is 2.83. The average molecular weight is 346 g/mol. The molecule has 0 radical (unpaired) electrons. The van der Waals surface area contributed by atoms with Crippen molar-refractivity contribution in [2.75, 3.05) is 65.4 Å². The van der Waals surface area contributed by atoms with Crippen LogP contribution >= 0.6 is 0 Å². The Morgan fingerprint density at radius 2 is 0.880 bits per heavy atom. The lowest BCUT2D eigenvalue weighted by atomic mass is 10.2. The monoisotopic (exact) mass is 345 g/mol. The predicted molar refractivity (Wildman–Crippen MR) is 108 cm³/mol. The molecule has 0 aliphatic heterocycles. The van der Waals surface area contributed by atoms with E-state index in [0.29, 0.717) is 0 Å². The van der Waals surface area contributed by atoms with E-state index in [9.17, 15) is 0 Å². The Morgan fingerprint density at radius 3 is 1.20 bits per heavy atom. The first-order chi connectivity index (χ1) is 12.4. The minimum atomic E-state index is 1.02. The molecule has 5 heteroatoms. The van der Waals surface area contributed by atoms with Crippen molar-refractivity contribution in [3.8, 4) is 0 Å². The van der Waals surface area contributed by atoms with Gasteiger partial charge in [-0.2, -0.15) is 0 Å². The van der Waals surface area contributed by atoms with Crippen LogP contribution in [0.15, 0.2) is 47.6 Å². The van der Waals surface area contributed by atoms with Crippen LogP contribution in [0.4, 0.5) is 0 Å². The molecule has 0 heterocycles. The second kappa shape index (κ2) is 14.0. The SMILES string of the molecule is C1=CCC(CNCCNCCNCCNCCNCC2=CC=CC2)=C1. The molecule has 0 fully saturated rings. The summed E-state index contributed by atoms with van der Waals surface area (Å²) in [7, 11) is 0. The number of hydrogen-bond donors (Lipinski definition) is 5. The molecular weight excluding hydrogens is 310 g/mol. The van der Waals surface area contributed by atoms with E-state index in [0.717, 1.165) is 78.3 Å². The fraction of sp³-hybridized carbons (Fsp3) is 0.600. The van der Waals surface area contributed by atoms with Gasteiger partial charge < -0.3 is 26.6 Å². The zero-order valence-corrected chi connectivity index (χ0v) is 15.4. The summed E-state index contributed by atoms with van der Waals surface area (Å²) in [5, 5.41) is 17.3. The minimum absolute atomic E-state index is 1.02. The van der Waals surface area contributed by atoms with Crippen LogP contribution in [0.3, 0.4) is 0 Å². The summed E-state index contributed by atoms with van der Waals surface area (Å²) in [6.45, 7) is 10.2. The summed E-state index contributed by atoms with van der Waals surface area (Å²) >= 11 is 0. The van der Waals surface area contributed by atoms with Gasteiger partial charge in [0, 0.05) is 65.4 Å². The van der Waals surface area contributed by atoms with Gasteiger partial charge in [0.2, 0.25) is 0 Å². The Bertz CT molecular complexity index is 423. The molecule has 0 unspecified atom stereocenters. The third-order valence-corrected chi connectivity index (χ3v) is 4.31. The van der Waals surface area contributed by atoms with E-state index in [1.54, 1.807) is 0 Å². The minimum Gasteiger partial charge on any atom is -0.314 e. The largest absolute Gasteiger partial charge is 0.314 e. The molecule has 0 saturated carbocycles. The van der Waals surface area contributed by atoms with Crippen LogP contribution in [0.5, 0.6) is 0 Å². The summed E-state index contributed by atoms with van der Waals surface area (Å²) < 4.78 is 0. The Labute approximate surface area is 153 Å². The van der Waals surface area contributed by atoms with E-state index in [1.807, 2.05) is 0 Å². The molecule has 25 heavy (non-hydrogen) atoms. The van der Waals surface area contributed by atoms with Crippen LogP contribution < -0.4 is 26.6 Å². The third-order valence-electron chi connectivity index (χ3n) is 4.31. The lowest BCUT2D eigenvalue weighted by molar-refractivity contribution is 0.564. The molecule has 0 aromatic heterocycles. The van der Waals surface area contributed by atoms with Crippen molar-refractivity contribution >= 4 is 0 Å². The summed E-state index contributed by atoms with van der Waals surface area (Å²) in [5.41, 5.74) is 2.97. The normalized spacial score (nSPS) is 15.8. The van der Waals surface area contributed by atoms with E-state index >= 15 is 0 Å². The first kappa shape index (κ1) is 20.1. The van der Waals surface area contributed by atoms with Crippen LogP contribution in [-0.2, 0) is 0 Å². The molecule has 0 spiro atoms. The van der Waals surface area contributed by atoms with Crippen LogP contribution in [0.1, 0.15) is 12.8 Å². The van der Waals surface area contributed by atoms with Gasteiger partial charge in [-0.25, -0.2) is 0 Å². The van der Waals surface area contributed by atoms with Gasteiger partial charge in [-0.15, -0.1) is 0 Å². The maximum atomic E-state index is 3.47. The topological polar surface area (TPSA) is 60.1 Å². The number of hydrogen-bond acceptors (Lipinski definition) is 5. The number of allylic oxidation sites excluding steroid dienone is 6. The first-order valence-corrected chi connectivity index (χ1v) is 9.68. The van der Waals surface area contributed by atoms with Crippen molar-refractivity contribution in [2.45, 2.75) is 12.8 Å². The van der Waals surface area contributed by atoms with Crippen molar-refractivity contribution in [2.24, 2.45) is 0 Å². The van der Waals surface area contributed by atoms with E-state index in [-0.39, 0.29) is 0 Å². The highest BCUT2D eigenvalue weighted by molar-refractivity contribution is 5.24. The van der Waals surface area contributed by atoms with Gasteiger partial charge in [0.25, 0.3) is 0 Å². The molecule has 2 aliphatic rings. The second-order valence-electron chi connectivity index (χ2n) is 6.52. The Balaban J connectivity index is 1.22. The molecule has 2 rings (SSSR count). The van der Waals surface area contributed by atoms with Crippen LogP contribution in [0.25, 0.3) is 0 Å². The summed E-state index contributed by atoms with van der Waals surface area (Å²) in [6.07, 6.45) is 15.3. The molecule has 0 bridgehead atoms. The van der Waals surface area contributed by atoms with E-state index in [1.165, 1.54) is 11.1 Å². The molecule has 0 amide bonds. The highest BCUT2D eigenvalue weighted by Crippen LogP contribution is 2.08. The molecule has 5 N–H and O–H groups in total. The fourth-order valence-corrected chi connectivity index (χ4v) is 2.83.